The highest BCUT2D eigenvalue weighted by molar-refractivity contribution is 5.94. The maximum Gasteiger partial charge on any atom is 0.320 e. The third-order valence-corrected chi connectivity index (χ3v) is 2.74. The van der Waals surface area contributed by atoms with Crippen molar-refractivity contribution in [3.8, 4) is 5.75 Å². The molecule has 0 aliphatic heterocycles. The molecule has 19 heavy (non-hydrogen) atoms. The van der Waals surface area contributed by atoms with Crippen LogP contribution < -0.4 is 10.1 Å². The van der Waals surface area contributed by atoms with Crippen LogP contribution in [0.5, 0.6) is 5.75 Å². The number of carboxylic acids is 1. The molecule has 0 aliphatic rings. The van der Waals surface area contributed by atoms with Crippen molar-refractivity contribution >= 4 is 11.8 Å². The van der Waals surface area contributed by atoms with Crippen molar-refractivity contribution in [1.82, 2.24) is 5.32 Å². The highest BCUT2D eigenvalue weighted by Crippen LogP contribution is 2.20. The lowest BCUT2D eigenvalue weighted by atomic mass is 10.1. The lowest BCUT2D eigenvalue weighted by molar-refractivity contribution is -0.139. The Kier molecular flexibility index (Phi) is 5.51. The van der Waals surface area contributed by atoms with Gasteiger partial charge in [0.15, 0.2) is 5.78 Å². The Morgan fingerprint density at radius 3 is 2.63 bits per heavy atom. The first-order valence-corrected chi connectivity index (χ1v) is 6.18. The number of carbonyl (C=O) groups excluding carboxylic acids is 1. The van der Waals surface area contributed by atoms with Gasteiger partial charge in [0.05, 0.1) is 6.61 Å². The summed E-state index contributed by atoms with van der Waals surface area (Å²) >= 11 is 0. The standard InChI is InChI=1S/C14H19NO4/c1-4-19-13-6-5-11(10(3)16)7-12(13)8-15-9(2)14(17)18/h5-7,9,15H,4,8H2,1-3H3,(H,17,18)/t9-/m1/s1. The molecule has 5 heteroatoms. The summed E-state index contributed by atoms with van der Waals surface area (Å²) in [4.78, 5) is 22.1. The van der Waals surface area contributed by atoms with E-state index in [2.05, 4.69) is 5.32 Å². The summed E-state index contributed by atoms with van der Waals surface area (Å²) in [5.74, 6) is -0.283. The van der Waals surface area contributed by atoms with Gasteiger partial charge in [0, 0.05) is 17.7 Å². The average Bonchev–Trinajstić information content (AvgIpc) is 2.37. The normalized spacial score (nSPS) is 11.9. The minimum Gasteiger partial charge on any atom is -0.494 e. The fourth-order valence-electron chi connectivity index (χ4n) is 1.58. The van der Waals surface area contributed by atoms with Crippen LogP contribution in [-0.2, 0) is 11.3 Å². The van der Waals surface area contributed by atoms with Crippen LogP contribution in [0.1, 0.15) is 36.7 Å². The van der Waals surface area contributed by atoms with E-state index in [0.29, 0.717) is 24.5 Å². The highest BCUT2D eigenvalue weighted by Gasteiger charge is 2.12. The maximum absolute atomic E-state index is 11.4. The molecule has 0 amide bonds. The molecule has 0 aromatic heterocycles. The molecule has 2 N–H and O–H groups in total. The molecule has 0 saturated carbocycles. The number of nitrogens with one attached hydrogen (secondary N) is 1. The van der Waals surface area contributed by atoms with Gasteiger partial charge in [0.25, 0.3) is 0 Å². The number of Topliss-reactive ketones (excluding diaryl/α,β-unsaturated/α-hetero) is 1. The minimum absolute atomic E-state index is 0.0319. The van der Waals surface area contributed by atoms with E-state index in [1.54, 1.807) is 25.1 Å². The number of ketones is 1. The number of ether oxygens (including phenoxy) is 1. The van der Waals surface area contributed by atoms with E-state index in [1.807, 2.05) is 6.92 Å². The number of aliphatic carboxylic acids is 1. The fourth-order valence-corrected chi connectivity index (χ4v) is 1.58. The van der Waals surface area contributed by atoms with Gasteiger partial charge in [-0.2, -0.15) is 0 Å². The number of rotatable bonds is 7. The Bertz CT molecular complexity index is 471. The first-order chi connectivity index (χ1) is 8.95. The van der Waals surface area contributed by atoms with Gasteiger partial charge in [0.2, 0.25) is 0 Å². The molecule has 0 saturated heterocycles. The van der Waals surface area contributed by atoms with Gasteiger partial charge in [-0.15, -0.1) is 0 Å². The van der Waals surface area contributed by atoms with Gasteiger partial charge in [0.1, 0.15) is 11.8 Å². The Balaban J connectivity index is 2.90. The van der Waals surface area contributed by atoms with Gasteiger partial charge in [-0.1, -0.05) is 0 Å². The molecule has 0 spiro atoms. The summed E-state index contributed by atoms with van der Waals surface area (Å²) in [5, 5.41) is 11.7. The topological polar surface area (TPSA) is 75.6 Å². The number of hydrogen-bond donors (Lipinski definition) is 2. The third-order valence-electron chi connectivity index (χ3n) is 2.74. The van der Waals surface area contributed by atoms with Crippen LogP contribution in [0.4, 0.5) is 0 Å². The molecule has 1 rings (SSSR count). The molecule has 1 aromatic rings. The molecule has 0 bridgehead atoms. The van der Waals surface area contributed by atoms with Crippen LogP contribution in [0, 0.1) is 0 Å². The molecular formula is C14H19NO4. The highest BCUT2D eigenvalue weighted by atomic mass is 16.5. The second-order valence-electron chi connectivity index (χ2n) is 4.25. The Hall–Kier alpha value is -1.88. The molecule has 5 nitrogen and oxygen atoms in total. The number of benzene rings is 1. The monoisotopic (exact) mass is 265 g/mol. The smallest absolute Gasteiger partial charge is 0.320 e. The first kappa shape index (κ1) is 15.2. The van der Waals surface area contributed by atoms with Crippen LogP contribution in [-0.4, -0.2) is 29.5 Å². The second-order valence-corrected chi connectivity index (χ2v) is 4.25. The van der Waals surface area contributed by atoms with Crippen molar-refractivity contribution in [2.45, 2.75) is 33.4 Å². The summed E-state index contributed by atoms with van der Waals surface area (Å²) in [7, 11) is 0. The Morgan fingerprint density at radius 2 is 2.11 bits per heavy atom. The largest absolute Gasteiger partial charge is 0.494 e. The Morgan fingerprint density at radius 1 is 1.42 bits per heavy atom. The van der Waals surface area contributed by atoms with Crippen molar-refractivity contribution in [2.24, 2.45) is 0 Å². The summed E-state index contributed by atoms with van der Waals surface area (Å²) in [5.41, 5.74) is 1.37. The SMILES string of the molecule is CCOc1ccc(C(C)=O)cc1CN[C@H](C)C(=O)O. The fraction of sp³-hybridized carbons (Fsp3) is 0.429. The van der Waals surface area contributed by atoms with Crippen LogP contribution in [0.15, 0.2) is 18.2 Å². The molecule has 0 fully saturated rings. The van der Waals surface area contributed by atoms with Gasteiger partial charge >= 0.3 is 5.97 Å². The van der Waals surface area contributed by atoms with Gasteiger partial charge in [-0.05, 0) is 39.0 Å². The number of hydrogen-bond acceptors (Lipinski definition) is 4. The third kappa shape index (κ3) is 4.37. The average molecular weight is 265 g/mol. The van der Waals surface area contributed by atoms with Gasteiger partial charge < -0.3 is 15.2 Å². The van der Waals surface area contributed by atoms with Crippen molar-refractivity contribution in [3.63, 3.8) is 0 Å². The lowest BCUT2D eigenvalue weighted by Gasteiger charge is -2.14. The molecule has 0 heterocycles. The zero-order valence-corrected chi connectivity index (χ0v) is 11.4. The van der Waals surface area contributed by atoms with Gasteiger partial charge in [-0.25, -0.2) is 0 Å². The van der Waals surface area contributed by atoms with E-state index >= 15 is 0 Å². The van der Waals surface area contributed by atoms with E-state index in [1.165, 1.54) is 6.92 Å². The predicted octanol–water partition coefficient (Wildman–Crippen LogP) is 1.85. The predicted molar refractivity (Wildman–Crippen MR) is 71.6 cm³/mol. The molecule has 1 aromatic carbocycles. The minimum atomic E-state index is -0.916. The van der Waals surface area contributed by atoms with E-state index in [9.17, 15) is 9.59 Å². The summed E-state index contributed by atoms with van der Waals surface area (Å²) in [6.07, 6.45) is 0. The zero-order chi connectivity index (χ0) is 14.4. The molecule has 0 radical (unpaired) electrons. The summed E-state index contributed by atoms with van der Waals surface area (Å²) in [6.45, 7) is 5.78. The van der Waals surface area contributed by atoms with E-state index < -0.39 is 12.0 Å². The van der Waals surface area contributed by atoms with E-state index in [-0.39, 0.29) is 5.78 Å². The quantitative estimate of drug-likeness (QED) is 0.736. The van der Waals surface area contributed by atoms with Crippen molar-refractivity contribution in [3.05, 3.63) is 29.3 Å². The van der Waals surface area contributed by atoms with Crippen molar-refractivity contribution in [1.29, 1.82) is 0 Å². The van der Waals surface area contributed by atoms with Crippen LogP contribution in [0.2, 0.25) is 0 Å². The van der Waals surface area contributed by atoms with E-state index in [0.717, 1.165) is 5.56 Å². The lowest BCUT2D eigenvalue weighted by Crippen LogP contribution is -2.33. The number of carbonyl (C=O) groups is 2. The molecule has 0 aliphatic carbocycles. The molecule has 0 unspecified atom stereocenters. The maximum atomic E-state index is 11.4. The van der Waals surface area contributed by atoms with Crippen LogP contribution in [0.25, 0.3) is 0 Å². The van der Waals surface area contributed by atoms with E-state index in [4.69, 9.17) is 9.84 Å². The second kappa shape index (κ2) is 6.89. The van der Waals surface area contributed by atoms with Crippen molar-refractivity contribution in [2.75, 3.05) is 6.61 Å². The first-order valence-electron chi connectivity index (χ1n) is 6.18. The molecule has 104 valence electrons. The number of carboxylic acid groups (broad SMARTS) is 1. The van der Waals surface area contributed by atoms with Crippen LogP contribution in [0.3, 0.4) is 0 Å². The molecule has 1 atom stereocenters. The molecular weight excluding hydrogens is 246 g/mol. The van der Waals surface area contributed by atoms with Crippen LogP contribution >= 0.6 is 0 Å². The summed E-state index contributed by atoms with van der Waals surface area (Å²) in [6, 6.07) is 4.52. The summed E-state index contributed by atoms with van der Waals surface area (Å²) < 4.78 is 5.47. The zero-order valence-electron chi connectivity index (χ0n) is 11.4. The Labute approximate surface area is 112 Å². The van der Waals surface area contributed by atoms with Crippen molar-refractivity contribution < 1.29 is 19.4 Å². The van der Waals surface area contributed by atoms with Gasteiger partial charge in [-0.3, -0.25) is 9.59 Å².